The van der Waals surface area contributed by atoms with Gasteiger partial charge in [-0.25, -0.2) is 0 Å². The Balaban J connectivity index is 1.43. The van der Waals surface area contributed by atoms with Gasteiger partial charge in [0.1, 0.15) is 12.4 Å². The molecule has 0 radical (unpaired) electrons. The van der Waals surface area contributed by atoms with Crippen molar-refractivity contribution < 1.29 is 19.0 Å². The molecule has 1 fully saturated rings. The first-order chi connectivity index (χ1) is 13.2. The zero-order chi connectivity index (χ0) is 19.1. The SMILES string of the molecule is COc1ccc(C(=O)N2CCN(CCOc3ccccc3OC)CC2)cc1. The lowest BCUT2D eigenvalue weighted by atomic mass is 10.1. The molecule has 0 atom stereocenters. The number of hydrogen-bond acceptors (Lipinski definition) is 5. The molecule has 0 unspecified atom stereocenters. The summed E-state index contributed by atoms with van der Waals surface area (Å²) in [6.07, 6.45) is 0. The van der Waals surface area contributed by atoms with Gasteiger partial charge in [0.2, 0.25) is 0 Å². The van der Waals surface area contributed by atoms with Crippen LogP contribution in [0, 0.1) is 0 Å². The molecule has 1 heterocycles. The predicted molar refractivity (Wildman–Crippen MR) is 104 cm³/mol. The quantitative estimate of drug-likeness (QED) is 0.750. The number of piperazine rings is 1. The van der Waals surface area contributed by atoms with Crippen molar-refractivity contribution in [1.29, 1.82) is 0 Å². The van der Waals surface area contributed by atoms with Crippen molar-refractivity contribution in [1.82, 2.24) is 9.80 Å². The summed E-state index contributed by atoms with van der Waals surface area (Å²) in [6, 6.07) is 14.9. The third kappa shape index (κ3) is 4.92. The van der Waals surface area contributed by atoms with E-state index in [-0.39, 0.29) is 5.91 Å². The van der Waals surface area contributed by atoms with Crippen LogP contribution < -0.4 is 14.2 Å². The second kappa shape index (κ2) is 9.28. The Bertz CT molecular complexity index is 740. The zero-order valence-corrected chi connectivity index (χ0v) is 15.9. The summed E-state index contributed by atoms with van der Waals surface area (Å²) in [5, 5.41) is 0. The molecule has 3 rings (SSSR count). The first-order valence-corrected chi connectivity index (χ1v) is 9.13. The van der Waals surface area contributed by atoms with Crippen molar-refractivity contribution in [2.45, 2.75) is 0 Å². The molecule has 6 nitrogen and oxygen atoms in total. The monoisotopic (exact) mass is 370 g/mol. The molecular formula is C21H26N2O4. The maximum absolute atomic E-state index is 12.6. The average molecular weight is 370 g/mol. The number of ether oxygens (including phenoxy) is 3. The number of hydrogen-bond donors (Lipinski definition) is 0. The highest BCUT2D eigenvalue weighted by Gasteiger charge is 2.22. The van der Waals surface area contributed by atoms with Crippen LogP contribution in [0.15, 0.2) is 48.5 Å². The van der Waals surface area contributed by atoms with Gasteiger partial charge in [-0.2, -0.15) is 0 Å². The fraction of sp³-hybridized carbons (Fsp3) is 0.381. The fourth-order valence-electron chi connectivity index (χ4n) is 3.11. The van der Waals surface area contributed by atoms with Gasteiger partial charge in [0.15, 0.2) is 11.5 Å². The molecule has 0 aromatic heterocycles. The molecule has 0 saturated carbocycles. The first-order valence-electron chi connectivity index (χ1n) is 9.13. The Hall–Kier alpha value is -2.73. The summed E-state index contributed by atoms with van der Waals surface area (Å²) in [7, 11) is 3.26. The van der Waals surface area contributed by atoms with Crippen molar-refractivity contribution in [3.05, 3.63) is 54.1 Å². The fourth-order valence-corrected chi connectivity index (χ4v) is 3.11. The Morgan fingerprint density at radius 1 is 0.889 bits per heavy atom. The van der Waals surface area contributed by atoms with Crippen LogP contribution in [0.1, 0.15) is 10.4 Å². The summed E-state index contributed by atoms with van der Waals surface area (Å²) in [5.41, 5.74) is 0.698. The molecule has 144 valence electrons. The highest BCUT2D eigenvalue weighted by atomic mass is 16.5. The number of para-hydroxylation sites is 2. The minimum atomic E-state index is 0.0718. The molecule has 2 aromatic rings. The van der Waals surface area contributed by atoms with Crippen LogP contribution in [0.5, 0.6) is 17.2 Å². The highest BCUT2D eigenvalue weighted by Crippen LogP contribution is 2.25. The number of amides is 1. The zero-order valence-electron chi connectivity index (χ0n) is 15.9. The molecule has 1 aliphatic rings. The molecule has 0 aliphatic carbocycles. The molecule has 2 aromatic carbocycles. The number of carbonyl (C=O) groups excluding carboxylic acids is 1. The van der Waals surface area contributed by atoms with E-state index in [1.54, 1.807) is 14.2 Å². The van der Waals surface area contributed by atoms with Gasteiger partial charge in [0.05, 0.1) is 14.2 Å². The van der Waals surface area contributed by atoms with E-state index in [2.05, 4.69) is 4.90 Å². The third-order valence-electron chi connectivity index (χ3n) is 4.73. The van der Waals surface area contributed by atoms with E-state index >= 15 is 0 Å². The van der Waals surface area contributed by atoms with Gasteiger partial charge in [-0.1, -0.05) is 12.1 Å². The lowest BCUT2D eigenvalue weighted by molar-refractivity contribution is 0.0619. The summed E-state index contributed by atoms with van der Waals surface area (Å²) >= 11 is 0. The average Bonchev–Trinajstić information content (AvgIpc) is 2.74. The smallest absolute Gasteiger partial charge is 0.253 e. The summed E-state index contributed by atoms with van der Waals surface area (Å²) in [6.45, 7) is 4.54. The van der Waals surface area contributed by atoms with Gasteiger partial charge in [-0.15, -0.1) is 0 Å². The van der Waals surface area contributed by atoms with Crippen molar-refractivity contribution in [3.8, 4) is 17.2 Å². The molecule has 0 spiro atoms. The molecule has 6 heteroatoms. The van der Waals surface area contributed by atoms with Crippen LogP contribution in [-0.2, 0) is 0 Å². The number of rotatable bonds is 7. The van der Waals surface area contributed by atoms with Gasteiger partial charge in [0, 0.05) is 38.3 Å². The van der Waals surface area contributed by atoms with Crippen LogP contribution in [0.25, 0.3) is 0 Å². The molecule has 27 heavy (non-hydrogen) atoms. The van der Waals surface area contributed by atoms with Gasteiger partial charge in [-0.3, -0.25) is 9.69 Å². The van der Waals surface area contributed by atoms with E-state index in [4.69, 9.17) is 14.2 Å². The topological polar surface area (TPSA) is 51.2 Å². The number of nitrogens with zero attached hydrogens (tertiary/aromatic N) is 2. The van der Waals surface area contributed by atoms with Crippen molar-refractivity contribution in [3.63, 3.8) is 0 Å². The Morgan fingerprint density at radius 3 is 2.19 bits per heavy atom. The maximum atomic E-state index is 12.6. The predicted octanol–water partition coefficient (Wildman–Crippen LogP) is 2.54. The van der Waals surface area contributed by atoms with E-state index in [0.29, 0.717) is 12.2 Å². The van der Waals surface area contributed by atoms with Crippen molar-refractivity contribution in [2.24, 2.45) is 0 Å². The largest absolute Gasteiger partial charge is 0.497 e. The van der Waals surface area contributed by atoms with Crippen LogP contribution >= 0.6 is 0 Å². The normalized spacial score (nSPS) is 14.7. The van der Waals surface area contributed by atoms with E-state index in [1.807, 2.05) is 53.4 Å². The van der Waals surface area contributed by atoms with Crippen LogP contribution in [0.3, 0.4) is 0 Å². The second-order valence-corrected chi connectivity index (χ2v) is 6.36. The van der Waals surface area contributed by atoms with E-state index < -0.39 is 0 Å². The minimum absolute atomic E-state index is 0.0718. The van der Waals surface area contributed by atoms with Crippen molar-refractivity contribution in [2.75, 3.05) is 53.6 Å². The van der Waals surface area contributed by atoms with Gasteiger partial charge in [-0.05, 0) is 36.4 Å². The molecule has 0 bridgehead atoms. The summed E-state index contributed by atoms with van der Waals surface area (Å²) in [4.78, 5) is 16.8. The first kappa shape index (κ1) is 19.0. The van der Waals surface area contributed by atoms with Crippen LogP contribution in [0.4, 0.5) is 0 Å². The summed E-state index contributed by atoms with van der Waals surface area (Å²) < 4.78 is 16.3. The van der Waals surface area contributed by atoms with Crippen LogP contribution in [0.2, 0.25) is 0 Å². The highest BCUT2D eigenvalue weighted by molar-refractivity contribution is 5.94. The Labute approximate surface area is 160 Å². The van der Waals surface area contributed by atoms with Gasteiger partial charge < -0.3 is 19.1 Å². The van der Waals surface area contributed by atoms with Gasteiger partial charge in [0.25, 0.3) is 5.91 Å². The third-order valence-corrected chi connectivity index (χ3v) is 4.73. The molecular weight excluding hydrogens is 344 g/mol. The van der Waals surface area contributed by atoms with Crippen LogP contribution in [-0.4, -0.2) is 69.3 Å². The van der Waals surface area contributed by atoms with Gasteiger partial charge >= 0.3 is 0 Å². The van der Waals surface area contributed by atoms with Crippen molar-refractivity contribution >= 4 is 5.91 Å². The van der Waals surface area contributed by atoms with E-state index in [9.17, 15) is 4.79 Å². The Morgan fingerprint density at radius 2 is 1.56 bits per heavy atom. The number of carbonyl (C=O) groups is 1. The Kier molecular flexibility index (Phi) is 6.54. The molecule has 1 saturated heterocycles. The maximum Gasteiger partial charge on any atom is 0.253 e. The summed E-state index contributed by atoms with van der Waals surface area (Å²) in [5.74, 6) is 2.33. The second-order valence-electron chi connectivity index (χ2n) is 6.36. The number of methoxy groups -OCH3 is 2. The molecule has 1 aliphatic heterocycles. The lowest BCUT2D eigenvalue weighted by Crippen LogP contribution is -2.49. The molecule has 1 amide bonds. The number of benzene rings is 2. The van der Waals surface area contributed by atoms with E-state index in [1.165, 1.54) is 0 Å². The standard InChI is InChI=1S/C21H26N2O4/c1-25-18-9-7-17(8-10-18)21(24)23-13-11-22(12-14-23)15-16-27-20-6-4-3-5-19(20)26-2/h3-10H,11-16H2,1-2H3. The lowest BCUT2D eigenvalue weighted by Gasteiger charge is -2.34. The molecule has 0 N–H and O–H groups in total. The van der Waals surface area contributed by atoms with E-state index in [0.717, 1.165) is 50.0 Å². The minimum Gasteiger partial charge on any atom is -0.497 e.